The van der Waals surface area contributed by atoms with E-state index in [4.69, 9.17) is 10.5 Å². The molecule has 0 unspecified atom stereocenters. The second kappa shape index (κ2) is 16.7. The van der Waals surface area contributed by atoms with Crippen LogP contribution < -0.4 is 26.4 Å². The predicted molar refractivity (Wildman–Crippen MR) is 175 cm³/mol. The molecule has 3 atom stereocenters. The number of likely N-dealkylation sites (N-methyl/N-ethyl adjacent to an activating group) is 1. The molecule has 0 bridgehead atoms. The number of nitrogens with zero attached hydrogens (tertiary/aromatic N) is 2. The van der Waals surface area contributed by atoms with E-state index >= 15 is 0 Å². The van der Waals surface area contributed by atoms with E-state index in [2.05, 4.69) is 16.0 Å². The van der Waals surface area contributed by atoms with E-state index in [1.807, 2.05) is 20.8 Å². The van der Waals surface area contributed by atoms with Crippen molar-refractivity contribution in [2.75, 3.05) is 43.1 Å². The van der Waals surface area contributed by atoms with Gasteiger partial charge in [0.05, 0.1) is 41.8 Å². The first-order valence-electron chi connectivity index (χ1n) is 15.6. The third-order valence-corrected chi connectivity index (χ3v) is 7.72. The van der Waals surface area contributed by atoms with Gasteiger partial charge in [0.2, 0.25) is 11.8 Å². The summed E-state index contributed by atoms with van der Waals surface area (Å²) < 4.78 is 6.47. The molecule has 246 valence electrons. The number of hydrogen-bond acceptors (Lipinski definition) is 7. The lowest BCUT2D eigenvalue weighted by atomic mass is 9.99. The lowest BCUT2D eigenvalue weighted by molar-refractivity contribution is -0.116. The number of rotatable bonds is 13. The molecule has 12 nitrogen and oxygen atoms in total. The number of aliphatic hydroxyl groups excluding tert-OH is 1. The third kappa shape index (κ3) is 10.1. The Morgan fingerprint density at radius 1 is 1.00 bits per heavy atom. The van der Waals surface area contributed by atoms with Crippen molar-refractivity contribution >= 4 is 40.8 Å². The Morgan fingerprint density at radius 2 is 1.62 bits per heavy atom. The van der Waals surface area contributed by atoms with Crippen LogP contribution in [0.4, 0.5) is 21.9 Å². The Kier molecular flexibility index (Phi) is 13.0. The molecule has 3 rings (SSSR count). The summed E-state index contributed by atoms with van der Waals surface area (Å²) in [7, 11) is 1.68. The van der Waals surface area contributed by atoms with Crippen LogP contribution in [0, 0.1) is 5.92 Å². The molecule has 2 aromatic rings. The van der Waals surface area contributed by atoms with Gasteiger partial charge in [-0.05, 0) is 57.9 Å². The molecule has 5 amide bonds. The molecule has 0 radical (unpaired) electrons. The zero-order valence-electron chi connectivity index (χ0n) is 27.0. The summed E-state index contributed by atoms with van der Waals surface area (Å²) in [4.78, 5) is 54.8. The minimum atomic E-state index is -0.511. The quantitative estimate of drug-likeness (QED) is 0.165. The van der Waals surface area contributed by atoms with Gasteiger partial charge in [0.1, 0.15) is 6.10 Å². The number of amides is 5. The van der Waals surface area contributed by atoms with Crippen LogP contribution in [0.25, 0.3) is 0 Å². The van der Waals surface area contributed by atoms with E-state index in [0.29, 0.717) is 49.3 Å². The number of urea groups is 1. The lowest BCUT2D eigenvalue weighted by Crippen LogP contribution is -2.51. The van der Waals surface area contributed by atoms with Gasteiger partial charge in [0.15, 0.2) is 5.75 Å². The molecule has 1 aliphatic heterocycles. The molecule has 0 saturated heterocycles. The second-order valence-electron chi connectivity index (χ2n) is 12.0. The minimum Gasteiger partial charge on any atom is -0.485 e. The first-order valence-corrected chi connectivity index (χ1v) is 15.6. The predicted octanol–water partition coefficient (Wildman–Crippen LogP) is 4.07. The Balaban J connectivity index is 1.68. The van der Waals surface area contributed by atoms with Crippen LogP contribution in [0.15, 0.2) is 42.5 Å². The maximum Gasteiger partial charge on any atom is 0.317 e. The van der Waals surface area contributed by atoms with Crippen LogP contribution in [0.2, 0.25) is 0 Å². The van der Waals surface area contributed by atoms with Crippen LogP contribution >= 0.6 is 0 Å². The van der Waals surface area contributed by atoms with Gasteiger partial charge in [-0.15, -0.1) is 0 Å². The SMILES string of the molecule is CC(C)NC(=O)N(C)C[C@@H]1Oc2c(NC(=O)CCCCCC(=O)Nc3ccccc3N)cccc2C(=O)N([C@H](C)CO)C[C@@H]1C. The molecular formula is C33H48N6O6. The van der Waals surface area contributed by atoms with Crippen LogP contribution in [-0.2, 0) is 9.59 Å². The molecular weight excluding hydrogens is 576 g/mol. The maximum absolute atomic E-state index is 13.7. The van der Waals surface area contributed by atoms with Gasteiger partial charge in [0, 0.05) is 38.4 Å². The van der Waals surface area contributed by atoms with Crippen molar-refractivity contribution in [1.29, 1.82) is 0 Å². The summed E-state index contributed by atoms with van der Waals surface area (Å²) in [5.74, 6) is -0.666. The van der Waals surface area contributed by atoms with Crippen LogP contribution in [0.1, 0.15) is 70.2 Å². The maximum atomic E-state index is 13.7. The third-order valence-electron chi connectivity index (χ3n) is 7.72. The molecule has 0 saturated carbocycles. The Labute approximate surface area is 265 Å². The second-order valence-corrected chi connectivity index (χ2v) is 12.0. The highest BCUT2D eigenvalue weighted by Gasteiger charge is 2.35. The topological polar surface area (TPSA) is 166 Å². The zero-order chi connectivity index (χ0) is 33.1. The fraction of sp³-hybridized carbons (Fsp3) is 0.515. The van der Waals surface area contributed by atoms with Crippen LogP contribution in [0.3, 0.4) is 0 Å². The molecule has 0 aliphatic carbocycles. The number of para-hydroxylation sites is 3. The number of carbonyl (C=O) groups is 4. The Morgan fingerprint density at radius 3 is 2.24 bits per heavy atom. The number of nitrogen functional groups attached to an aromatic ring is 1. The van der Waals surface area contributed by atoms with E-state index in [-0.39, 0.29) is 66.6 Å². The molecule has 12 heteroatoms. The number of ether oxygens (including phenoxy) is 1. The summed E-state index contributed by atoms with van der Waals surface area (Å²) >= 11 is 0. The standard InChI is InChI=1S/C33H48N6O6/c1-21(2)35-33(44)38(5)19-28-22(3)18-39(23(4)20-40)32(43)24-12-11-15-27(31(24)45-28)37-30(42)17-8-6-7-16-29(41)36-26-14-10-9-13-25(26)34/h9-15,21-23,28,40H,6-8,16-20,34H2,1-5H3,(H,35,44)(H,36,41)(H,37,42)/t22-,23+,28-/m0/s1. The van der Waals surface area contributed by atoms with E-state index in [9.17, 15) is 24.3 Å². The van der Waals surface area contributed by atoms with Crippen LogP contribution in [0.5, 0.6) is 5.75 Å². The number of anilines is 3. The number of nitrogens with two attached hydrogens (primary N) is 1. The zero-order valence-corrected chi connectivity index (χ0v) is 27.0. The van der Waals surface area contributed by atoms with Gasteiger partial charge in [-0.1, -0.05) is 31.5 Å². The van der Waals surface area contributed by atoms with Gasteiger partial charge in [-0.2, -0.15) is 0 Å². The summed E-state index contributed by atoms with van der Waals surface area (Å²) in [5.41, 5.74) is 7.59. The van der Waals surface area contributed by atoms with E-state index in [0.717, 1.165) is 0 Å². The van der Waals surface area contributed by atoms with E-state index < -0.39 is 12.1 Å². The summed E-state index contributed by atoms with van der Waals surface area (Å²) in [6.45, 7) is 7.81. The van der Waals surface area contributed by atoms with Crippen molar-refractivity contribution in [3.05, 3.63) is 48.0 Å². The Bertz CT molecular complexity index is 1330. The number of aliphatic hydroxyl groups is 1. The van der Waals surface area contributed by atoms with E-state index in [1.54, 1.807) is 66.2 Å². The molecule has 0 spiro atoms. The summed E-state index contributed by atoms with van der Waals surface area (Å²) in [6.07, 6.45) is 1.87. The molecule has 0 fully saturated rings. The highest BCUT2D eigenvalue weighted by Crippen LogP contribution is 2.35. The highest BCUT2D eigenvalue weighted by atomic mass is 16.5. The smallest absolute Gasteiger partial charge is 0.317 e. The van der Waals surface area contributed by atoms with E-state index in [1.165, 1.54) is 0 Å². The summed E-state index contributed by atoms with van der Waals surface area (Å²) in [6, 6.07) is 11.3. The van der Waals surface area contributed by atoms with Crippen molar-refractivity contribution in [2.24, 2.45) is 5.92 Å². The number of fused-ring (bicyclic) bond motifs is 1. The Hall–Kier alpha value is -4.32. The monoisotopic (exact) mass is 624 g/mol. The molecule has 6 N–H and O–H groups in total. The van der Waals surface area contributed by atoms with Crippen molar-refractivity contribution < 1.29 is 29.0 Å². The summed E-state index contributed by atoms with van der Waals surface area (Å²) in [5, 5.41) is 18.5. The highest BCUT2D eigenvalue weighted by molar-refractivity contribution is 6.01. The lowest BCUT2D eigenvalue weighted by Gasteiger charge is -2.38. The van der Waals surface area contributed by atoms with Crippen molar-refractivity contribution in [2.45, 2.75) is 78.0 Å². The molecule has 1 aliphatic rings. The van der Waals surface area contributed by atoms with Gasteiger partial charge in [-0.25, -0.2) is 4.79 Å². The first-order chi connectivity index (χ1) is 21.4. The number of benzene rings is 2. The fourth-order valence-corrected chi connectivity index (χ4v) is 5.05. The van der Waals surface area contributed by atoms with Gasteiger partial charge < -0.3 is 41.3 Å². The average molecular weight is 625 g/mol. The van der Waals surface area contributed by atoms with Gasteiger partial charge >= 0.3 is 6.03 Å². The van der Waals surface area contributed by atoms with Crippen molar-refractivity contribution in [3.63, 3.8) is 0 Å². The first kappa shape index (κ1) is 35.2. The number of carbonyl (C=O) groups excluding carboxylic acids is 4. The normalized spacial score (nSPS) is 17.0. The number of unbranched alkanes of at least 4 members (excludes halogenated alkanes) is 2. The molecule has 2 aromatic carbocycles. The minimum absolute atomic E-state index is 0.0394. The molecule has 0 aromatic heterocycles. The average Bonchev–Trinajstić information content (AvgIpc) is 2.99. The van der Waals surface area contributed by atoms with Crippen LogP contribution in [-0.4, -0.2) is 83.6 Å². The van der Waals surface area contributed by atoms with Crippen molar-refractivity contribution in [1.82, 2.24) is 15.1 Å². The fourth-order valence-electron chi connectivity index (χ4n) is 5.05. The molecule has 45 heavy (non-hydrogen) atoms. The number of hydrogen-bond donors (Lipinski definition) is 5. The van der Waals surface area contributed by atoms with Crippen molar-refractivity contribution in [3.8, 4) is 5.75 Å². The van der Waals surface area contributed by atoms with Gasteiger partial charge in [0.25, 0.3) is 5.91 Å². The van der Waals surface area contributed by atoms with Gasteiger partial charge in [-0.3, -0.25) is 14.4 Å². The number of nitrogens with one attached hydrogen (secondary N) is 3. The largest absolute Gasteiger partial charge is 0.485 e. The molecule has 1 heterocycles.